The van der Waals surface area contributed by atoms with Crippen LogP contribution in [-0.2, 0) is 6.18 Å². The molecular weight excluding hydrogens is 345 g/mol. The third-order valence-corrected chi connectivity index (χ3v) is 4.16. The molecule has 5 nitrogen and oxygen atoms in total. The Balaban J connectivity index is 1.68. The molecule has 1 aromatic heterocycles. The summed E-state index contributed by atoms with van der Waals surface area (Å²) in [6, 6.07) is 8.05. The fourth-order valence-corrected chi connectivity index (χ4v) is 2.77. The van der Waals surface area contributed by atoms with Gasteiger partial charge in [0.05, 0.1) is 18.9 Å². The van der Waals surface area contributed by atoms with E-state index >= 15 is 0 Å². The van der Waals surface area contributed by atoms with E-state index in [0.717, 1.165) is 36.6 Å². The molecule has 0 saturated carbocycles. The maximum absolute atomic E-state index is 12.5. The van der Waals surface area contributed by atoms with Crippen LogP contribution >= 0.6 is 0 Å². The predicted molar refractivity (Wildman–Crippen MR) is 94.9 cm³/mol. The number of alkyl halides is 3. The maximum Gasteiger partial charge on any atom is 0.417 e. The Morgan fingerprint density at radius 3 is 2.58 bits per heavy atom. The SMILES string of the molecule is COc1cc(N2CCCC2)ccc1/C=N\Nc1ccc(C(F)(F)F)cn1. The third-order valence-electron chi connectivity index (χ3n) is 4.16. The summed E-state index contributed by atoms with van der Waals surface area (Å²) in [7, 11) is 1.59. The molecule has 0 aliphatic carbocycles. The van der Waals surface area contributed by atoms with Gasteiger partial charge in [-0.25, -0.2) is 4.98 Å². The van der Waals surface area contributed by atoms with Crippen molar-refractivity contribution in [2.24, 2.45) is 5.10 Å². The van der Waals surface area contributed by atoms with Crippen LogP contribution in [0.15, 0.2) is 41.6 Å². The number of benzene rings is 1. The van der Waals surface area contributed by atoms with Gasteiger partial charge in [0.25, 0.3) is 0 Å². The smallest absolute Gasteiger partial charge is 0.417 e. The van der Waals surface area contributed by atoms with Crippen LogP contribution in [0.4, 0.5) is 24.7 Å². The summed E-state index contributed by atoms with van der Waals surface area (Å²) in [6.07, 6.45) is 0.291. The van der Waals surface area contributed by atoms with Gasteiger partial charge in [0.1, 0.15) is 11.6 Å². The number of anilines is 2. The summed E-state index contributed by atoms with van der Waals surface area (Å²) in [4.78, 5) is 6.00. The molecule has 0 radical (unpaired) electrons. The highest BCUT2D eigenvalue weighted by molar-refractivity contribution is 5.85. The molecular formula is C18H19F3N4O. The zero-order chi connectivity index (χ0) is 18.6. The molecule has 2 heterocycles. The summed E-state index contributed by atoms with van der Waals surface area (Å²) in [5.74, 6) is 0.905. The predicted octanol–water partition coefficient (Wildman–Crippen LogP) is 4.16. The van der Waals surface area contributed by atoms with Gasteiger partial charge in [-0.15, -0.1) is 0 Å². The van der Waals surface area contributed by atoms with Gasteiger partial charge in [-0.05, 0) is 37.1 Å². The van der Waals surface area contributed by atoms with E-state index in [1.54, 1.807) is 13.3 Å². The summed E-state index contributed by atoms with van der Waals surface area (Å²) in [5.41, 5.74) is 3.68. The largest absolute Gasteiger partial charge is 0.496 e. The van der Waals surface area contributed by atoms with Crippen LogP contribution in [0, 0.1) is 0 Å². The van der Waals surface area contributed by atoms with Gasteiger partial charge in [-0.3, -0.25) is 5.43 Å². The molecule has 26 heavy (non-hydrogen) atoms. The van der Waals surface area contributed by atoms with Crippen molar-refractivity contribution in [3.8, 4) is 5.75 Å². The number of hydrogen-bond acceptors (Lipinski definition) is 5. The fraction of sp³-hybridized carbons (Fsp3) is 0.333. The summed E-state index contributed by atoms with van der Waals surface area (Å²) in [5, 5.41) is 4.03. The monoisotopic (exact) mass is 364 g/mol. The number of methoxy groups -OCH3 is 1. The fourth-order valence-electron chi connectivity index (χ4n) is 2.77. The molecule has 0 spiro atoms. The Morgan fingerprint density at radius 1 is 1.19 bits per heavy atom. The highest BCUT2D eigenvalue weighted by Gasteiger charge is 2.30. The van der Waals surface area contributed by atoms with Crippen LogP contribution < -0.4 is 15.1 Å². The Bertz CT molecular complexity index is 769. The van der Waals surface area contributed by atoms with Crippen LogP contribution in [0.1, 0.15) is 24.0 Å². The number of nitrogens with zero attached hydrogens (tertiary/aromatic N) is 3. The van der Waals surface area contributed by atoms with Gasteiger partial charge in [0.2, 0.25) is 0 Å². The molecule has 0 atom stereocenters. The van der Waals surface area contributed by atoms with E-state index in [4.69, 9.17) is 4.74 Å². The van der Waals surface area contributed by atoms with Crippen LogP contribution in [-0.4, -0.2) is 31.4 Å². The summed E-state index contributed by atoms with van der Waals surface area (Å²) >= 11 is 0. The minimum atomic E-state index is -4.40. The molecule has 1 fully saturated rings. The van der Waals surface area contributed by atoms with E-state index < -0.39 is 11.7 Å². The van der Waals surface area contributed by atoms with Crippen molar-refractivity contribution in [2.45, 2.75) is 19.0 Å². The minimum Gasteiger partial charge on any atom is -0.496 e. The van der Waals surface area contributed by atoms with Crippen LogP contribution in [0.25, 0.3) is 0 Å². The summed E-state index contributed by atoms with van der Waals surface area (Å²) in [6.45, 7) is 2.08. The second-order valence-corrected chi connectivity index (χ2v) is 5.92. The Hall–Kier alpha value is -2.77. The van der Waals surface area contributed by atoms with Crippen molar-refractivity contribution in [1.29, 1.82) is 0 Å². The van der Waals surface area contributed by atoms with Crippen molar-refractivity contribution in [3.63, 3.8) is 0 Å². The molecule has 1 aromatic carbocycles. The van der Waals surface area contributed by atoms with Crippen LogP contribution in [0.2, 0.25) is 0 Å². The van der Waals surface area contributed by atoms with Gasteiger partial charge in [-0.1, -0.05) is 0 Å². The standard InChI is InChI=1S/C18H19F3N4O/c1-26-16-10-15(25-8-2-3-9-25)6-4-13(16)11-23-24-17-7-5-14(12-22-17)18(19,20)21/h4-7,10-12H,2-3,8-9H2,1H3,(H,22,24)/b23-11-. The van der Waals surface area contributed by atoms with Gasteiger partial charge in [0.15, 0.2) is 0 Å². The second kappa shape index (κ2) is 7.63. The third kappa shape index (κ3) is 4.25. The molecule has 0 bridgehead atoms. The Morgan fingerprint density at radius 2 is 1.96 bits per heavy atom. The molecule has 2 aromatic rings. The number of pyridine rings is 1. The van der Waals surface area contributed by atoms with Gasteiger partial charge < -0.3 is 9.64 Å². The van der Waals surface area contributed by atoms with Gasteiger partial charge in [-0.2, -0.15) is 18.3 Å². The zero-order valence-electron chi connectivity index (χ0n) is 14.3. The topological polar surface area (TPSA) is 49.8 Å². The molecule has 1 saturated heterocycles. The number of aromatic nitrogens is 1. The maximum atomic E-state index is 12.5. The van der Waals surface area contributed by atoms with Crippen molar-refractivity contribution >= 4 is 17.7 Å². The van der Waals surface area contributed by atoms with Crippen LogP contribution in [0.5, 0.6) is 5.75 Å². The van der Waals surface area contributed by atoms with Crippen molar-refractivity contribution in [2.75, 3.05) is 30.5 Å². The molecule has 8 heteroatoms. The van der Waals surface area contributed by atoms with Crippen molar-refractivity contribution < 1.29 is 17.9 Å². The van der Waals surface area contributed by atoms with E-state index in [-0.39, 0.29) is 5.82 Å². The first-order valence-corrected chi connectivity index (χ1v) is 8.23. The molecule has 138 valence electrons. The molecule has 0 unspecified atom stereocenters. The molecule has 1 N–H and O–H groups in total. The normalized spacial score (nSPS) is 14.8. The van der Waals surface area contributed by atoms with Crippen molar-refractivity contribution in [1.82, 2.24) is 4.98 Å². The molecule has 1 aliphatic rings. The van der Waals surface area contributed by atoms with Gasteiger partial charge in [0, 0.05) is 36.6 Å². The van der Waals surface area contributed by atoms with Crippen molar-refractivity contribution in [3.05, 3.63) is 47.7 Å². The first-order chi connectivity index (χ1) is 12.5. The average Bonchev–Trinajstić information content (AvgIpc) is 3.16. The molecule has 3 rings (SSSR count). The van der Waals surface area contributed by atoms with E-state index in [2.05, 4.69) is 20.4 Å². The highest BCUT2D eigenvalue weighted by Crippen LogP contribution is 2.29. The number of hydrazone groups is 1. The lowest BCUT2D eigenvalue weighted by molar-refractivity contribution is -0.137. The molecule has 1 aliphatic heterocycles. The minimum absolute atomic E-state index is 0.224. The first kappa shape index (κ1) is 18.0. The number of hydrogen-bond donors (Lipinski definition) is 1. The number of halogens is 3. The lowest BCUT2D eigenvalue weighted by atomic mass is 10.2. The quantitative estimate of drug-likeness (QED) is 0.640. The Labute approximate surface area is 149 Å². The number of nitrogens with one attached hydrogen (secondary N) is 1. The molecule has 0 amide bonds. The number of ether oxygens (including phenoxy) is 1. The van der Waals surface area contributed by atoms with E-state index in [1.807, 2.05) is 18.2 Å². The lowest BCUT2D eigenvalue weighted by Crippen LogP contribution is -2.17. The van der Waals surface area contributed by atoms with Crippen LogP contribution in [0.3, 0.4) is 0 Å². The average molecular weight is 364 g/mol. The lowest BCUT2D eigenvalue weighted by Gasteiger charge is -2.18. The summed E-state index contributed by atoms with van der Waals surface area (Å²) < 4.78 is 43.0. The van der Waals surface area contributed by atoms with E-state index in [1.165, 1.54) is 18.9 Å². The zero-order valence-corrected chi connectivity index (χ0v) is 14.3. The van der Waals surface area contributed by atoms with Gasteiger partial charge >= 0.3 is 6.18 Å². The highest BCUT2D eigenvalue weighted by atomic mass is 19.4. The number of rotatable bonds is 5. The first-order valence-electron chi connectivity index (χ1n) is 8.23. The van der Waals surface area contributed by atoms with E-state index in [9.17, 15) is 13.2 Å². The van der Waals surface area contributed by atoms with E-state index in [0.29, 0.717) is 5.75 Å². The second-order valence-electron chi connectivity index (χ2n) is 5.92. The Kier molecular flexibility index (Phi) is 5.29.